The molecule has 1 fully saturated rings. The molecule has 0 spiro atoms. The van der Waals surface area contributed by atoms with Gasteiger partial charge in [0, 0.05) is 0 Å². The molecule has 3 heteroatoms. The molecule has 0 saturated carbocycles. The second kappa shape index (κ2) is 3.80. The van der Waals surface area contributed by atoms with Crippen LogP contribution in [0.25, 0.3) is 0 Å². The van der Waals surface area contributed by atoms with Crippen LogP contribution in [-0.2, 0) is 4.74 Å². The summed E-state index contributed by atoms with van der Waals surface area (Å²) in [5.41, 5.74) is -1.56. The van der Waals surface area contributed by atoms with Crippen molar-refractivity contribution in [3.8, 4) is 0 Å². The zero-order valence-electron chi connectivity index (χ0n) is 9.58. The third kappa shape index (κ3) is 1.95. The zero-order valence-corrected chi connectivity index (χ0v) is 9.58. The summed E-state index contributed by atoms with van der Waals surface area (Å²) < 4.78 is 5.42. The Bertz CT molecular complexity index is 197. The number of epoxide rings is 1. The third-order valence-electron chi connectivity index (χ3n) is 3.57. The minimum atomic E-state index is -0.803. The maximum absolute atomic E-state index is 10.2. The molecule has 1 heterocycles. The average molecular weight is 202 g/mol. The van der Waals surface area contributed by atoms with Gasteiger partial charge < -0.3 is 14.9 Å². The Balaban J connectivity index is 2.61. The molecule has 1 aliphatic heterocycles. The van der Waals surface area contributed by atoms with Crippen molar-refractivity contribution >= 4 is 0 Å². The van der Waals surface area contributed by atoms with E-state index in [2.05, 4.69) is 0 Å². The van der Waals surface area contributed by atoms with E-state index in [-0.39, 0.29) is 12.2 Å². The summed E-state index contributed by atoms with van der Waals surface area (Å²) in [6.07, 6.45) is 1.61. The van der Waals surface area contributed by atoms with Crippen LogP contribution in [0.15, 0.2) is 0 Å². The lowest BCUT2D eigenvalue weighted by Gasteiger charge is -2.25. The second-order valence-corrected chi connectivity index (χ2v) is 4.50. The molecule has 1 unspecified atom stereocenters. The first-order valence-electron chi connectivity index (χ1n) is 5.51. The highest BCUT2D eigenvalue weighted by molar-refractivity contribution is 5.07. The maximum atomic E-state index is 10.2. The van der Waals surface area contributed by atoms with E-state index in [1.54, 1.807) is 6.92 Å². The normalized spacial score (nSPS) is 31.3. The average Bonchev–Trinajstić information content (AvgIpc) is 2.97. The van der Waals surface area contributed by atoms with Crippen molar-refractivity contribution in [1.82, 2.24) is 0 Å². The monoisotopic (exact) mass is 202 g/mol. The van der Waals surface area contributed by atoms with E-state index in [9.17, 15) is 10.2 Å². The van der Waals surface area contributed by atoms with Crippen LogP contribution in [0.4, 0.5) is 0 Å². The molecule has 0 aliphatic carbocycles. The van der Waals surface area contributed by atoms with E-state index >= 15 is 0 Å². The molecule has 2 N–H and O–H groups in total. The highest BCUT2D eigenvalue weighted by Gasteiger charge is 2.58. The van der Waals surface area contributed by atoms with Gasteiger partial charge >= 0.3 is 0 Å². The number of hydrogen-bond donors (Lipinski definition) is 2. The van der Waals surface area contributed by atoms with Gasteiger partial charge in [-0.1, -0.05) is 20.8 Å². The van der Waals surface area contributed by atoms with Crippen LogP contribution < -0.4 is 0 Å². The summed E-state index contributed by atoms with van der Waals surface area (Å²) in [6, 6.07) is 0. The molecule has 0 radical (unpaired) electrons. The summed E-state index contributed by atoms with van der Waals surface area (Å²) in [7, 11) is 0. The Morgan fingerprint density at radius 2 is 1.50 bits per heavy atom. The van der Waals surface area contributed by atoms with Crippen LogP contribution in [-0.4, -0.2) is 33.6 Å². The topological polar surface area (TPSA) is 53.0 Å². The molecule has 3 atom stereocenters. The molecule has 84 valence electrons. The molecule has 0 amide bonds. The Labute approximate surface area is 86.1 Å². The van der Waals surface area contributed by atoms with Crippen molar-refractivity contribution < 1.29 is 14.9 Å². The van der Waals surface area contributed by atoms with Gasteiger partial charge in [0.2, 0.25) is 0 Å². The van der Waals surface area contributed by atoms with Gasteiger partial charge in [-0.25, -0.2) is 0 Å². The van der Waals surface area contributed by atoms with E-state index in [1.807, 2.05) is 20.8 Å². The lowest BCUT2D eigenvalue weighted by molar-refractivity contribution is 0.00255. The smallest absolute Gasteiger partial charge is 0.116 e. The number of rotatable bonds is 5. The highest BCUT2D eigenvalue weighted by Crippen LogP contribution is 2.43. The van der Waals surface area contributed by atoms with Gasteiger partial charge in [-0.05, 0) is 26.2 Å². The maximum Gasteiger partial charge on any atom is 0.116 e. The summed E-state index contributed by atoms with van der Waals surface area (Å²) in [5, 5.41) is 20.1. The first-order chi connectivity index (χ1) is 6.41. The van der Waals surface area contributed by atoms with Gasteiger partial charge in [-0.2, -0.15) is 0 Å². The number of ether oxygens (including phenoxy) is 1. The summed E-state index contributed by atoms with van der Waals surface area (Å²) in [4.78, 5) is 0. The standard InChI is InChI=1S/C11H22O3/c1-5-10(4,12)8-9(14-8)11(13,6-2)7-3/h8-9,12-13H,5-7H2,1-4H3/t8-,9-,10?/m0/s1. The van der Waals surface area contributed by atoms with E-state index < -0.39 is 11.2 Å². The van der Waals surface area contributed by atoms with Crippen LogP contribution in [0, 0.1) is 0 Å². The first kappa shape index (κ1) is 12.0. The highest BCUT2D eigenvalue weighted by atomic mass is 16.6. The van der Waals surface area contributed by atoms with Crippen molar-refractivity contribution in [1.29, 1.82) is 0 Å². The molecule has 1 saturated heterocycles. The largest absolute Gasteiger partial charge is 0.387 e. The lowest BCUT2D eigenvalue weighted by Crippen LogP contribution is -2.40. The fourth-order valence-corrected chi connectivity index (χ4v) is 1.85. The number of aliphatic hydroxyl groups is 2. The molecule has 0 aromatic rings. The van der Waals surface area contributed by atoms with Gasteiger partial charge in [0.25, 0.3) is 0 Å². The Morgan fingerprint density at radius 1 is 1.00 bits per heavy atom. The molecular weight excluding hydrogens is 180 g/mol. The van der Waals surface area contributed by atoms with Crippen LogP contribution in [0.1, 0.15) is 47.0 Å². The molecule has 0 aromatic carbocycles. The third-order valence-corrected chi connectivity index (χ3v) is 3.57. The van der Waals surface area contributed by atoms with Crippen molar-refractivity contribution in [2.45, 2.75) is 70.4 Å². The van der Waals surface area contributed by atoms with Crippen molar-refractivity contribution in [2.75, 3.05) is 0 Å². The van der Waals surface area contributed by atoms with Gasteiger partial charge in [0.1, 0.15) is 12.2 Å². The van der Waals surface area contributed by atoms with Crippen molar-refractivity contribution in [3.63, 3.8) is 0 Å². The van der Waals surface area contributed by atoms with Gasteiger partial charge in [-0.3, -0.25) is 0 Å². The summed E-state index contributed by atoms with van der Waals surface area (Å²) >= 11 is 0. The van der Waals surface area contributed by atoms with Gasteiger partial charge in [0.15, 0.2) is 0 Å². The predicted molar refractivity (Wildman–Crippen MR) is 55.1 cm³/mol. The van der Waals surface area contributed by atoms with E-state index in [0.717, 1.165) is 0 Å². The van der Waals surface area contributed by atoms with Crippen molar-refractivity contribution in [2.24, 2.45) is 0 Å². The predicted octanol–water partition coefficient (Wildman–Crippen LogP) is 1.47. The minimum Gasteiger partial charge on any atom is -0.387 e. The first-order valence-corrected chi connectivity index (χ1v) is 5.51. The Kier molecular flexibility index (Phi) is 3.24. The Morgan fingerprint density at radius 3 is 1.86 bits per heavy atom. The summed E-state index contributed by atoms with van der Waals surface area (Å²) in [6.45, 7) is 7.59. The molecule has 3 nitrogen and oxygen atoms in total. The molecule has 14 heavy (non-hydrogen) atoms. The van der Waals surface area contributed by atoms with Crippen LogP contribution >= 0.6 is 0 Å². The zero-order chi connectivity index (χ0) is 11.0. The molecule has 0 aromatic heterocycles. The SMILES string of the molecule is CCC(C)(O)[C@H]1O[C@@H]1C(O)(CC)CC. The number of hydrogen-bond acceptors (Lipinski definition) is 3. The minimum absolute atomic E-state index is 0.188. The van der Waals surface area contributed by atoms with Gasteiger partial charge in [-0.15, -0.1) is 0 Å². The van der Waals surface area contributed by atoms with Crippen molar-refractivity contribution in [3.05, 3.63) is 0 Å². The molecule has 0 bridgehead atoms. The molecule has 1 aliphatic rings. The van der Waals surface area contributed by atoms with E-state index in [1.165, 1.54) is 0 Å². The quantitative estimate of drug-likeness (QED) is 0.664. The van der Waals surface area contributed by atoms with E-state index in [0.29, 0.717) is 19.3 Å². The molecule has 1 rings (SSSR count). The van der Waals surface area contributed by atoms with Crippen LogP contribution in [0.5, 0.6) is 0 Å². The Hall–Kier alpha value is -0.120. The lowest BCUT2D eigenvalue weighted by atomic mass is 9.86. The fraction of sp³-hybridized carbons (Fsp3) is 1.00. The van der Waals surface area contributed by atoms with Crippen LogP contribution in [0.2, 0.25) is 0 Å². The van der Waals surface area contributed by atoms with E-state index in [4.69, 9.17) is 4.74 Å². The fourth-order valence-electron chi connectivity index (χ4n) is 1.85. The summed E-state index contributed by atoms with van der Waals surface area (Å²) in [5.74, 6) is 0. The van der Waals surface area contributed by atoms with Crippen LogP contribution in [0.3, 0.4) is 0 Å². The second-order valence-electron chi connectivity index (χ2n) is 4.50. The molecular formula is C11H22O3. The van der Waals surface area contributed by atoms with Gasteiger partial charge in [0.05, 0.1) is 11.2 Å².